The van der Waals surface area contributed by atoms with Crippen molar-refractivity contribution in [3.05, 3.63) is 30.0 Å². The lowest BCUT2D eigenvalue weighted by Crippen LogP contribution is -2.38. The highest BCUT2D eigenvalue weighted by atomic mass is 16.5. The first-order chi connectivity index (χ1) is 15.0. The molecule has 1 saturated heterocycles. The molecule has 166 valence electrons. The molecule has 2 aliphatic rings. The summed E-state index contributed by atoms with van der Waals surface area (Å²) in [7, 11) is 1.62. The molecule has 1 atom stereocenters. The summed E-state index contributed by atoms with van der Waals surface area (Å²) in [6.07, 6.45) is 8.60. The zero-order valence-corrected chi connectivity index (χ0v) is 17.9. The van der Waals surface area contributed by atoms with Crippen LogP contribution in [0.4, 0.5) is 4.79 Å². The first-order valence-corrected chi connectivity index (χ1v) is 11.1. The summed E-state index contributed by atoms with van der Waals surface area (Å²) in [4.78, 5) is 41.8. The SMILES string of the molecule is COc1ccc2[nH]cc(CCN3C(=O)N[C@@H](CCC(=O)NC4CCCCC4)C3=O)c2c1. The van der Waals surface area contributed by atoms with Crippen LogP contribution in [0.5, 0.6) is 5.75 Å². The molecule has 0 radical (unpaired) electrons. The number of methoxy groups -OCH3 is 1. The molecule has 1 aliphatic heterocycles. The molecule has 8 heteroatoms. The number of fused-ring (bicyclic) bond motifs is 1. The van der Waals surface area contributed by atoms with E-state index in [1.54, 1.807) is 7.11 Å². The number of hydrogen-bond donors (Lipinski definition) is 3. The fourth-order valence-corrected chi connectivity index (χ4v) is 4.53. The van der Waals surface area contributed by atoms with Gasteiger partial charge in [0.25, 0.3) is 5.91 Å². The zero-order valence-electron chi connectivity index (χ0n) is 17.9. The van der Waals surface area contributed by atoms with E-state index in [9.17, 15) is 14.4 Å². The van der Waals surface area contributed by atoms with Gasteiger partial charge in [-0.15, -0.1) is 0 Å². The number of benzene rings is 1. The van der Waals surface area contributed by atoms with Crippen LogP contribution in [0.15, 0.2) is 24.4 Å². The van der Waals surface area contributed by atoms with E-state index in [2.05, 4.69) is 15.6 Å². The minimum atomic E-state index is -0.632. The Balaban J connectivity index is 1.29. The number of nitrogens with one attached hydrogen (secondary N) is 3. The van der Waals surface area contributed by atoms with Crippen LogP contribution in [0.3, 0.4) is 0 Å². The molecule has 31 heavy (non-hydrogen) atoms. The summed E-state index contributed by atoms with van der Waals surface area (Å²) in [6.45, 7) is 0.291. The summed E-state index contributed by atoms with van der Waals surface area (Å²) in [5.41, 5.74) is 2.00. The van der Waals surface area contributed by atoms with Gasteiger partial charge in [0.2, 0.25) is 5.91 Å². The predicted octanol–water partition coefficient (Wildman–Crippen LogP) is 2.87. The predicted molar refractivity (Wildman–Crippen MR) is 117 cm³/mol. The Kier molecular flexibility index (Phi) is 6.44. The van der Waals surface area contributed by atoms with E-state index in [0.29, 0.717) is 19.4 Å². The minimum absolute atomic E-state index is 0.0415. The van der Waals surface area contributed by atoms with Gasteiger partial charge in [-0.1, -0.05) is 19.3 Å². The molecule has 1 aromatic carbocycles. The van der Waals surface area contributed by atoms with Gasteiger partial charge in [-0.3, -0.25) is 14.5 Å². The lowest BCUT2D eigenvalue weighted by Gasteiger charge is -2.22. The van der Waals surface area contributed by atoms with E-state index in [4.69, 9.17) is 4.74 Å². The number of urea groups is 1. The monoisotopic (exact) mass is 426 g/mol. The number of imide groups is 1. The quantitative estimate of drug-likeness (QED) is 0.565. The van der Waals surface area contributed by atoms with Crippen LogP contribution in [-0.4, -0.2) is 53.5 Å². The third kappa shape index (κ3) is 4.84. The van der Waals surface area contributed by atoms with Gasteiger partial charge in [-0.25, -0.2) is 4.79 Å². The van der Waals surface area contributed by atoms with Gasteiger partial charge >= 0.3 is 6.03 Å². The van der Waals surface area contributed by atoms with Crippen molar-refractivity contribution in [1.29, 1.82) is 0 Å². The molecule has 1 aliphatic carbocycles. The maximum absolute atomic E-state index is 12.7. The van der Waals surface area contributed by atoms with Crippen LogP contribution in [0.25, 0.3) is 10.9 Å². The molecule has 2 aromatic rings. The molecule has 0 bridgehead atoms. The number of hydrogen-bond acceptors (Lipinski definition) is 4. The molecule has 0 unspecified atom stereocenters. The number of aromatic amines is 1. The summed E-state index contributed by atoms with van der Waals surface area (Å²) in [5.74, 6) is 0.461. The minimum Gasteiger partial charge on any atom is -0.497 e. The van der Waals surface area contributed by atoms with Crippen molar-refractivity contribution in [2.75, 3.05) is 13.7 Å². The van der Waals surface area contributed by atoms with Crippen LogP contribution in [0, 0.1) is 0 Å². The van der Waals surface area contributed by atoms with Crippen molar-refractivity contribution in [3.63, 3.8) is 0 Å². The van der Waals surface area contributed by atoms with Gasteiger partial charge in [0, 0.05) is 36.1 Å². The van der Waals surface area contributed by atoms with Crippen LogP contribution in [-0.2, 0) is 16.0 Å². The number of rotatable bonds is 8. The summed E-state index contributed by atoms with van der Waals surface area (Å²) >= 11 is 0. The van der Waals surface area contributed by atoms with Gasteiger partial charge in [0.15, 0.2) is 0 Å². The Morgan fingerprint density at radius 1 is 1.23 bits per heavy atom. The molecular formula is C23H30N4O4. The van der Waals surface area contributed by atoms with E-state index in [-0.39, 0.29) is 30.3 Å². The molecular weight excluding hydrogens is 396 g/mol. The Bertz CT molecular complexity index is 964. The van der Waals surface area contributed by atoms with E-state index < -0.39 is 6.04 Å². The molecule has 4 amide bonds. The number of carbonyl (C=O) groups excluding carboxylic acids is 3. The third-order valence-electron chi connectivity index (χ3n) is 6.32. The first-order valence-electron chi connectivity index (χ1n) is 11.1. The number of nitrogens with zero attached hydrogens (tertiary/aromatic N) is 1. The van der Waals surface area contributed by atoms with Gasteiger partial charge < -0.3 is 20.4 Å². The third-order valence-corrected chi connectivity index (χ3v) is 6.32. The van der Waals surface area contributed by atoms with Crippen molar-refractivity contribution in [2.45, 2.75) is 63.5 Å². The van der Waals surface area contributed by atoms with Gasteiger partial charge in [-0.05, 0) is 49.4 Å². The van der Waals surface area contributed by atoms with Gasteiger partial charge in [0.05, 0.1) is 7.11 Å². The molecule has 2 heterocycles. The van der Waals surface area contributed by atoms with Crippen molar-refractivity contribution >= 4 is 28.7 Å². The van der Waals surface area contributed by atoms with E-state index in [1.165, 1.54) is 11.3 Å². The number of H-pyrrole nitrogens is 1. The topological polar surface area (TPSA) is 104 Å². The summed E-state index contributed by atoms with van der Waals surface area (Å²) < 4.78 is 5.29. The average Bonchev–Trinajstić information content (AvgIpc) is 3.31. The highest BCUT2D eigenvalue weighted by Crippen LogP contribution is 2.24. The van der Waals surface area contributed by atoms with Crippen LogP contribution >= 0.6 is 0 Å². The summed E-state index contributed by atoms with van der Waals surface area (Å²) in [5, 5.41) is 6.80. The van der Waals surface area contributed by atoms with Gasteiger partial charge in [0.1, 0.15) is 11.8 Å². The van der Waals surface area contributed by atoms with E-state index in [0.717, 1.165) is 47.9 Å². The Hall–Kier alpha value is -3.03. The fraction of sp³-hybridized carbons (Fsp3) is 0.522. The van der Waals surface area contributed by atoms with Crippen molar-refractivity contribution in [3.8, 4) is 5.75 Å². The first kappa shape index (κ1) is 21.2. The molecule has 3 N–H and O–H groups in total. The molecule has 8 nitrogen and oxygen atoms in total. The average molecular weight is 427 g/mol. The number of amides is 4. The number of carbonyl (C=O) groups is 3. The zero-order chi connectivity index (χ0) is 21.8. The van der Waals surface area contributed by atoms with Gasteiger partial charge in [-0.2, -0.15) is 0 Å². The maximum atomic E-state index is 12.7. The van der Waals surface area contributed by atoms with Crippen molar-refractivity contribution in [2.24, 2.45) is 0 Å². The Morgan fingerprint density at radius 2 is 2.03 bits per heavy atom. The second kappa shape index (κ2) is 9.41. The highest BCUT2D eigenvalue weighted by Gasteiger charge is 2.37. The second-order valence-corrected chi connectivity index (χ2v) is 8.41. The molecule has 1 saturated carbocycles. The van der Waals surface area contributed by atoms with Crippen molar-refractivity contribution in [1.82, 2.24) is 20.5 Å². The molecule has 0 spiro atoms. The van der Waals surface area contributed by atoms with Crippen molar-refractivity contribution < 1.29 is 19.1 Å². The van der Waals surface area contributed by atoms with Crippen LogP contribution in [0.2, 0.25) is 0 Å². The second-order valence-electron chi connectivity index (χ2n) is 8.41. The Morgan fingerprint density at radius 3 is 2.81 bits per heavy atom. The molecule has 4 rings (SSSR count). The largest absolute Gasteiger partial charge is 0.497 e. The number of ether oxygens (including phenoxy) is 1. The van der Waals surface area contributed by atoms with E-state index >= 15 is 0 Å². The smallest absolute Gasteiger partial charge is 0.324 e. The Labute approximate surface area is 181 Å². The molecule has 1 aromatic heterocycles. The lowest BCUT2D eigenvalue weighted by atomic mass is 9.95. The standard InChI is InChI=1S/C23H30N4O4/c1-31-17-7-8-19-18(13-17)15(14-24-19)11-12-27-22(29)20(26-23(27)30)9-10-21(28)25-16-5-3-2-4-6-16/h7-8,13-14,16,20,24H,2-6,9-12H2,1H3,(H,25,28)(H,26,30)/t20-/m0/s1. The summed E-state index contributed by atoms with van der Waals surface area (Å²) in [6, 6.07) is 5.00. The van der Waals surface area contributed by atoms with E-state index in [1.807, 2.05) is 24.4 Å². The number of aromatic nitrogens is 1. The highest BCUT2D eigenvalue weighted by molar-refractivity contribution is 6.04. The fourth-order valence-electron chi connectivity index (χ4n) is 4.53. The maximum Gasteiger partial charge on any atom is 0.324 e. The van der Waals surface area contributed by atoms with Crippen LogP contribution in [0.1, 0.15) is 50.5 Å². The molecule has 2 fully saturated rings. The normalized spacial score (nSPS) is 19.6. The van der Waals surface area contributed by atoms with Crippen LogP contribution < -0.4 is 15.4 Å². The lowest BCUT2D eigenvalue weighted by molar-refractivity contribution is -0.127.